The Kier molecular flexibility index (Phi) is 11.8. The van der Waals surface area contributed by atoms with Crippen molar-refractivity contribution in [1.29, 1.82) is 0 Å². The number of benzene rings is 2. The van der Waals surface area contributed by atoms with Crippen molar-refractivity contribution in [3.8, 4) is 22.5 Å². The van der Waals surface area contributed by atoms with Gasteiger partial charge in [-0.15, -0.1) is 29.8 Å². The van der Waals surface area contributed by atoms with E-state index in [0.717, 1.165) is 5.56 Å². The standard InChI is InChI=1S/C16H9F2N2.C9H20O2.Ir/c17-13-5-1-11(2-6-13)15-16(20-10-9-19-15)12-3-7-14(18)8-4-12;1-6(2)8(10)5-9(11)7(3)4;/h1-3,5-10H;6-11H,5H2,1-4H3;/q-1;;. The van der Waals surface area contributed by atoms with Gasteiger partial charge in [-0.1, -0.05) is 39.8 Å². The summed E-state index contributed by atoms with van der Waals surface area (Å²) in [6.45, 7) is 7.82. The molecule has 0 amide bonds. The van der Waals surface area contributed by atoms with Crippen LogP contribution in [0.3, 0.4) is 0 Å². The molecule has 175 valence electrons. The number of rotatable bonds is 6. The molecule has 32 heavy (non-hydrogen) atoms. The fourth-order valence-electron chi connectivity index (χ4n) is 2.70. The van der Waals surface area contributed by atoms with Crippen LogP contribution in [0.5, 0.6) is 0 Å². The van der Waals surface area contributed by atoms with Crippen LogP contribution in [0.25, 0.3) is 22.5 Å². The zero-order valence-corrected chi connectivity index (χ0v) is 21.0. The van der Waals surface area contributed by atoms with E-state index in [0.29, 0.717) is 23.4 Å². The van der Waals surface area contributed by atoms with Gasteiger partial charge in [-0.25, -0.2) is 4.39 Å². The van der Waals surface area contributed by atoms with Crippen LogP contribution in [0, 0.1) is 29.5 Å². The van der Waals surface area contributed by atoms with E-state index in [1.165, 1.54) is 24.3 Å². The zero-order chi connectivity index (χ0) is 23.0. The van der Waals surface area contributed by atoms with E-state index < -0.39 is 0 Å². The van der Waals surface area contributed by atoms with Crippen molar-refractivity contribution >= 4 is 0 Å². The van der Waals surface area contributed by atoms with Gasteiger partial charge in [0.05, 0.1) is 17.9 Å². The number of hydrogen-bond acceptors (Lipinski definition) is 4. The number of aromatic nitrogens is 2. The van der Waals surface area contributed by atoms with Gasteiger partial charge in [0.2, 0.25) is 0 Å². The van der Waals surface area contributed by atoms with Gasteiger partial charge in [0.25, 0.3) is 0 Å². The third kappa shape index (κ3) is 8.47. The van der Waals surface area contributed by atoms with Gasteiger partial charge < -0.3 is 15.2 Å². The average molecular weight is 620 g/mol. The maximum Gasteiger partial charge on any atom is 0.123 e. The van der Waals surface area contributed by atoms with Gasteiger partial charge in [0.15, 0.2) is 0 Å². The molecule has 0 spiro atoms. The molecule has 0 aliphatic rings. The Balaban J connectivity index is 0.000000370. The zero-order valence-electron chi connectivity index (χ0n) is 18.6. The topological polar surface area (TPSA) is 66.2 Å². The van der Waals surface area contributed by atoms with E-state index in [-0.39, 0.29) is 55.8 Å². The predicted molar refractivity (Wildman–Crippen MR) is 118 cm³/mol. The van der Waals surface area contributed by atoms with Gasteiger partial charge in [-0.2, -0.15) is 0 Å². The van der Waals surface area contributed by atoms with Crippen molar-refractivity contribution in [2.45, 2.75) is 46.3 Å². The number of nitrogens with zero attached hydrogens (tertiary/aromatic N) is 2. The molecule has 1 heterocycles. The van der Waals surface area contributed by atoms with Gasteiger partial charge in [0.1, 0.15) is 5.82 Å². The molecule has 3 aromatic rings. The normalized spacial score (nSPS) is 12.6. The van der Waals surface area contributed by atoms with Gasteiger partial charge in [0, 0.05) is 44.0 Å². The largest absolute Gasteiger partial charge is 0.393 e. The van der Waals surface area contributed by atoms with Crippen LogP contribution in [-0.4, -0.2) is 32.4 Å². The first-order valence-electron chi connectivity index (χ1n) is 10.3. The molecule has 1 radical (unpaired) electrons. The molecule has 1 aromatic heterocycles. The minimum atomic E-state index is -0.368. The first kappa shape index (κ1) is 28.0. The summed E-state index contributed by atoms with van der Waals surface area (Å²) in [7, 11) is 0. The van der Waals surface area contributed by atoms with Crippen molar-refractivity contribution in [3.63, 3.8) is 0 Å². The molecule has 0 aliphatic carbocycles. The first-order chi connectivity index (χ1) is 14.7. The van der Waals surface area contributed by atoms with Crippen LogP contribution in [-0.2, 0) is 20.1 Å². The second-order valence-corrected chi connectivity index (χ2v) is 8.04. The Bertz CT molecular complexity index is 859. The molecule has 3 rings (SSSR count). The quantitative estimate of drug-likeness (QED) is 0.368. The summed E-state index contributed by atoms with van der Waals surface area (Å²) in [5.74, 6) is -0.194. The molecule has 7 heteroatoms. The number of aliphatic hydroxyl groups is 2. The fraction of sp³-hybridized carbons (Fsp3) is 0.360. The first-order valence-corrected chi connectivity index (χ1v) is 10.3. The summed E-state index contributed by atoms with van der Waals surface area (Å²) in [6.07, 6.45) is 2.88. The number of halogens is 2. The number of hydrogen-bond donors (Lipinski definition) is 2. The van der Waals surface area contributed by atoms with Crippen LogP contribution in [0.15, 0.2) is 54.9 Å². The van der Waals surface area contributed by atoms with E-state index in [4.69, 9.17) is 0 Å². The van der Waals surface area contributed by atoms with Crippen molar-refractivity contribution in [1.82, 2.24) is 9.97 Å². The summed E-state index contributed by atoms with van der Waals surface area (Å²) in [5, 5.41) is 18.8. The van der Waals surface area contributed by atoms with E-state index in [2.05, 4.69) is 16.0 Å². The van der Waals surface area contributed by atoms with E-state index in [9.17, 15) is 19.0 Å². The SMILES string of the molecule is CC(C)C(O)CC(O)C(C)C.Fc1c[c-]c(-c2nccnc2-c2ccc(F)cc2)cc1.[Ir]. The fourth-order valence-corrected chi connectivity index (χ4v) is 2.70. The Morgan fingerprint density at radius 2 is 1.28 bits per heavy atom. The Morgan fingerprint density at radius 1 is 0.781 bits per heavy atom. The van der Waals surface area contributed by atoms with Crippen LogP contribution in [0.1, 0.15) is 34.1 Å². The molecule has 2 N–H and O–H groups in total. The summed E-state index contributed by atoms with van der Waals surface area (Å²) < 4.78 is 25.9. The third-order valence-electron chi connectivity index (χ3n) is 4.87. The molecule has 0 aliphatic heterocycles. The molecule has 2 aromatic carbocycles. The van der Waals surface area contributed by atoms with Crippen LogP contribution >= 0.6 is 0 Å². The molecule has 2 unspecified atom stereocenters. The van der Waals surface area contributed by atoms with E-state index in [1.807, 2.05) is 27.7 Å². The Morgan fingerprint density at radius 3 is 1.75 bits per heavy atom. The summed E-state index contributed by atoms with van der Waals surface area (Å²) in [6, 6.07) is 13.0. The van der Waals surface area contributed by atoms with Gasteiger partial charge in [-0.3, -0.25) is 9.37 Å². The third-order valence-corrected chi connectivity index (χ3v) is 4.87. The van der Waals surface area contributed by atoms with Gasteiger partial charge in [-0.05, 0) is 36.0 Å². The number of aliphatic hydroxyl groups excluding tert-OH is 2. The molecule has 4 nitrogen and oxygen atoms in total. The molecule has 0 saturated heterocycles. The van der Waals surface area contributed by atoms with Crippen molar-refractivity contribution in [2.24, 2.45) is 11.8 Å². The second-order valence-electron chi connectivity index (χ2n) is 8.04. The minimum absolute atomic E-state index is 0. The molecular weight excluding hydrogens is 591 g/mol. The molecule has 2 atom stereocenters. The van der Waals surface area contributed by atoms with Crippen molar-refractivity contribution < 1.29 is 39.1 Å². The van der Waals surface area contributed by atoms with Gasteiger partial charge >= 0.3 is 0 Å². The molecular formula is C25H29F2IrN2O2-. The van der Waals surface area contributed by atoms with Crippen molar-refractivity contribution in [2.75, 3.05) is 0 Å². The predicted octanol–water partition coefficient (Wildman–Crippen LogP) is 5.30. The Labute approximate surface area is 202 Å². The molecule has 0 fully saturated rings. The Hall–Kier alpha value is -2.05. The summed E-state index contributed by atoms with van der Waals surface area (Å²) >= 11 is 0. The van der Waals surface area contributed by atoms with Crippen LogP contribution < -0.4 is 0 Å². The van der Waals surface area contributed by atoms with Crippen LogP contribution in [0.4, 0.5) is 8.78 Å². The molecule has 0 saturated carbocycles. The van der Waals surface area contributed by atoms with Crippen molar-refractivity contribution in [3.05, 3.63) is 72.6 Å². The minimum Gasteiger partial charge on any atom is -0.393 e. The second kappa shape index (κ2) is 13.5. The van der Waals surface area contributed by atoms with E-state index >= 15 is 0 Å². The summed E-state index contributed by atoms with van der Waals surface area (Å²) in [5.41, 5.74) is 2.57. The average Bonchev–Trinajstić information content (AvgIpc) is 2.75. The van der Waals surface area contributed by atoms with Crippen LogP contribution in [0.2, 0.25) is 0 Å². The molecule has 0 bridgehead atoms. The monoisotopic (exact) mass is 620 g/mol. The maximum absolute atomic E-state index is 13.0. The van der Waals surface area contributed by atoms with E-state index in [1.54, 1.807) is 30.6 Å². The smallest absolute Gasteiger partial charge is 0.123 e. The summed E-state index contributed by atoms with van der Waals surface area (Å²) in [4.78, 5) is 8.55. The maximum atomic E-state index is 13.0.